The highest BCUT2D eigenvalue weighted by molar-refractivity contribution is 5.74. The van der Waals surface area contributed by atoms with E-state index in [-0.39, 0.29) is 17.8 Å². The number of ether oxygens (including phenoxy) is 1. The molecule has 9 heteroatoms. The standard InChI is InChI=1S/C24H32N6O3/c1-18(2)10-14-29-20-21(26-23(29)28-15-11-25-12-16-28)27(3)24(32)30(22(20)31)13-7-17-33-19-8-5-4-6-9-19/h4-6,8-10,25H,7,11-17H2,1-3H3. The second-order valence-electron chi connectivity index (χ2n) is 8.53. The number of benzene rings is 1. The molecule has 1 aliphatic heterocycles. The van der Waals surface area contributed by atoms with Crippen molar-refractivity contribution in [2.45, 2.75) is 33.4 Å². The van der Waals surface area contributed by atoms with Crippen LogP contribution in [0.2, 0.25) is 0 Å². The van der Waals surface area contributed by atoms with Gasteiger partial charge in [0.25, 0.3) is 5.56 Å². The maximum absolute atomic E-state index is 13.5. The lowest BCUT2D eigenvalue weighted by atomic mass is 10.3. The molecular weight excluding hydrogens is 420 g/mol. The Morgan fingerprint density at radius 3 is 2.55 bits per heavy atom. The summed E-state index contributed by atoms with van der Waals surface area (Å²) >= 11 is 0. The number of rotatable bonds is 8. The molecule has 0 unspecified atom stereocenters. The van der Waals surface area contributed by atoms with Crippen molar-refractivity contribution in [1.82, 2.24) is 24.0 Å². The Kier molecular flexibility index (Phi) is 6.98. The molecule has 9 nitrogen and oxygen atoms in total. The smallest absolute Gasteiger partial charge is 0.332 e. The fourth-order valence-electron chi connectivity index (χ4n) is 4.04. The number of hydrogen-bond donors (Lipinski definition) is 1. The molecule has 2 aromatic heterocycles. The average molecular weight is 453 g/mol. The molecule has 0 saturated carbocycles. The summed E-state index contributed by atoms with van der Waals surface area (Å²) in [7, 11) is 1.68. The molecule has 1 fully saturated rings. The Labute approximate surface area is 192 Å². The lowest BCUT2D eigenvalue weighted by Gasteiger charge is -2.28. The average Bonchev–Trinajstić information content (AvgIpc) is 3.22. The minimum absolute atomic E-state index is 0.283. The van der Waals surface area contributed by atoms with E-state index >= 15 is 0 Å². The third-order valence-corrected chi connectivity index (χ3v) is 5.83. The fraction of sp³-hybridized carbons (Fsp3) is 0.458. The van der Waals surface area contributed by atoms with Gasteiger partial charge in [0.15, 0.2) is 11.2 Å². The Bertz CT molecular complexity index is 1250. The number of aromatic nitrogens is 4. The summed E-state index contributed by atoms with van der Waals surface area (Å²) in [6, 6.07) is 9.52. The molecule has 0 spiro atoms. The number of imidazole rings is 1. The van der Waals surface area contributed by atoms with Crippen LogP contribution in [0.25, 0.3) is 11.2 Å². The largest absolute Gasteiger partial charge is 0.494 e. The van der Waals surface area contributed by atoms with Crippen LogP contribution in [0, 0.1) is 0 Å². The van der Waals surface area contributed by atoms with E-state index in [9.17, 15) is 9.59 Å². The maximum Gasteiger partial charge on any atom is 0.332 e. The molecule has 1 aromatic carbocycles. The number of para-hydroxylation sites is 1. The number of hydrogen-bond acceptors (Lipinski definition) is 6. The summed E-state index contributed by atoms with van der Waals surface area (Å²) < 4.78 is 10.5. The Morgan fingerprint density at radius 1 is 1.12 bits per heavy atom. The molecule has 0 aliphatic carbocycles. The van der Waals surface area contributed by atoms with Crippen molar-refractivity contribution in [3.8, 4) is 5.75 Å². The number of nitrogens with one attached hydrogen (secondary N) is 1. The van der Waals surface area contributed by atoms with Crippen LogP contribution in [0.3, 0.4) is 0 Å². The van der Waals surface area contributed by atoms with Gasteiger partial charge >= 0.3 is 5.69 Å². The zero-order chi connectivity index (χ0) is 23.4. The van der Waals surface area contributed by atoms with E-state index < -0.39 is 0 Å². The highest BCUT2D eigenvalue weighted by Crippen LogP contribution is 2.20. The topological polar surface area (TPSA) is 86.3 Å². The van der Waals surface area contributed by atoms with Gasteiger partial charge < -0.3 is 19.5 Å². The first-order valence-corrected chi connectivity index (χ1v) is 11.4. The molecule has 1 aliphatic rings. The van der Waals surface area contributed by atoms with E-state index in [1.165, 1.54) is 9.13 Å². The molecule has 176 valence electrons. The van der Waals surface area contributed by atoms with Crippen LogP contribution in [0.4, 0.5) is 5.95 Å². The molecule has 0 atom stereocenters. The number of allylic oxidation sites excluding steroid dienone is 2. The van der Waals surface area contributed by atoms with Crippen LogP contribution in [-0.2, 0) is 20.1 Å². The summed E-state index contributed by atoms with van der Waals surface area (Å²) in [5.41, 5.74) is 1.39. The van der Waals surface area contributed by atoms with Gasteiger partial charge in [-0.05, 0) is 32.4 Å². The number of aryl methyl sites for hydroxylation is 1. The van der Waals surface area contributed by atoms with Crippen molar-refractivity contribution >= 4 is 17.1 Å². The van der Waals surface area contributed by atoms with Crippen LogP contribution < -0.4 is 26.2 Å². The molecule has 0 amide bonds. The van der Waals surface area contributed by atoms with E-state index in [2.05, 4.69) is 16.3 Å². The van der Waals surface area contributed by atoms with Gasteiger partial charge in [-0.2, -0.15) is 4.98 Å². The predicted octanol–water partition coefficient (Wildman–Crippen LogP) is 1.74. The molecule has 3 aromatic rings. The maximum atomic E-state index is 13.5. The Balaban J connectivity index is 1.69. The lowest BCUT2D eigenvalue weighted by Crippen LogP contribution is -2.44. The van der Waals surface area contributed by atoms with Gasteiger partial charge in [0, 0.05) is 46.3 Å². The van der Waals surface area contributed by atoms with Crippen molar-refractivity contribution in [2.75, 3.05) is 37.7 Å². The summed E-state index contributed by atoms with van der Waals surface area (Å²) in [4.78, 5) is 33.5. The minimum Gasteiger partial charge on any atom is -0.494 e. The first kappa shape index (κ1) is 22.8. The van der Waals surface area contributed by atoms with Crippen LogP contribution in [0.1, 0.15) is 20.3 Å². The van der Waals surface area contributed by atoms with Crippen molar-refractivity contribution in [2.24, 2.45) is 7.05 Å². The first-order chi connectivity index (χ1) is 16.0. The highest BCUT2D eigenvalue weighted by atomic mass is 16.5. The van der Waals surface area contributed by atoms with Gasteiger partial charge in [0.1, 0.15) is 5.75 Å². The highest BCUT2D eigenvalue weighted by Gasteiger charge is 2.23. The summed E-state index contributed by atoms with van der Waals surface area (Å²) in [6.07, 6.45) is 2.62. The van der Waals surface area contributed by atoms with Gasteiger partial charge in [-0.1, -0.05) is 29.8 Å². The molecule has 3 heterocycles. The van der Waals surface area contributed by atoms with E-state index in [1.54, 1.807) is 7.05 Å². The number of piperazine rings is 1. The van der Waals surface area contributed by atoms with Gasteiger partial charge in [-0.3, -0.25) is 13.9 Å². The van der Waals surface area contributed by atoms with Crippen molar-refractivity contribution in [3.05, 3.63) is 62.8 Å². The molecule has 1 N–H and O–H groups in total. The fourth-order valence-corrected chi connectivity index (χ4v) is 4.04. The Hall–Kier alpha value is -3.33. The van der Waals surface area contributed by atoms with Gasteiger partial charge in [-0.25, -0.2) is 4.79 Å². The monoisotopic (exact) mass is 452 g/mol. The normalized spacial score (nSPS) is 14.0. The van der Waals surface area contributed by atoms with Crippen molar-refractivity contribution < 1.29 is 4.74 Å². The second-order valence-corrected chi connectivity index (χ2v) is 8.53. The third kappa shape index (κ3) is 4.88. The predicted molar refractivity (Wildman–Crippen MR) is 130 cm³/mol. The molecule has 4 rings (SSSR count). The molecule has 0 bridgehead atoms. The molecule has 1 saturated heterocycles. The van der Waals surface area contributed by atoms with E-state index in [0.29, 0.717) is 30.7 Å². The van der Waals surface area contributed by atoms with Crippen molar-refractivity contribution in [3.63, 3.8) is 0 Å². The first-order valence-electron chi connectivity index (χ1n) is 11.4. The summed E-state index contributed by atoms with van der Waals surface area (Å²) in [6.45, 7) is 8.62. The minimum atomic E-state index is -0.356. The zero-order valence-electron chi connectivity index (χ0n) is 19.6. The third-order valence-electron chi connectivity index (χ3n) is 5.83. The van der Waals surface area contributed by atoms with Gasteiger partial charge in [0.05, 0.1) is 6.61 Å². The molecule has 33 heavy (non-hydrogen) atoms. The Morgan fingerprint density at radius 2 is 1.85 bits per heavy atom. The van der Waals surface area contributed by atoms with E-state index in [0.717, 1.165) is 43.4 Å². The molecular formula is C24H32N6O3. The van der Waals surface area contributed by atoms with Crippen LogP contribution in [-0.4, -0.2) is 51.5 Å². The van der Waals surface area contributed by atoms with Crippen LogP contribution in [0.5, 0.6) is 5.75 Å². The van der Waals surface area contributed by atoms with Crippen LogP contribution >= 0.6 is 0 Å². The van der Waals surface area contributed by atoms with Crippen molar-refractivity contribution in [1.29, 1.82) is 0 Å². The summed E-state index contributed by atoms with van der Waals surface area (Å²) in [5, 5.41) is 3.35. The zero-order valence-corrected chi connectivity index (χ0v) is 19.6. The number of fused-ring (bicyclic) bond motifs is 1. The SMILES string of the molecule is CC(C)=CCn1c(N2CCNCC2)nc2c1c(=O)n(CCCOc1ccccc1)c(=O)n2C. The van der Waals surface area contributed by atoms with Crippen LogP contribution in [0.15, 0.2) is 51.6 Å². The number of nitrogens with zero attached hydrogens (tertiary/aromatic N) is 5. The lowest BCUT2D eigenvalue weighted by molar-refractivity contribution is 0.299. The summed E-state index contributed by atoms with van der Waals surface area (Å²) in [5.74, 6) is 1.51. The van der Waals surface area contributed by atoms with Gasteiger partial charge in [0.2, 0.25) is 5.95 Å². The quantitative estimate of drug-likeness (QED) is 0.414. The van der Waals surface area contributed by atoms with Gasteiger partial charge in [-0.15, -0.1) is 0 Å². The van der Waals surface area contributed by atoms with E-state index in [4.69, 9.17) is 9.72 Å². The van der Waals surface area contributed by atoms with E-state index in [1.807, 2.05) is 48.7 Å². The number of anilines is 1. The second kappa shape index (κ2) is 10.1. The molecule has 0 radical (unpaired) electrons.